The zero-order chi connectivity index (χ0) is 4.12. The van der Waals surface area contributed by atoms with Crippen LogP contribution >= 0.6 is 17.2 Å². The Hall–Kier alpha value is 0.925. The maximum Gasteiger partial charge on any atom is 0.111 e. The average Bonchev–Trinajstić information content (AvgIpc) is 1.41. The Morgan fingerprint density at radius 2 is 2.60 bits per heavy atom. The van der Waals surface area contributed by atoms with Gasteiger partial charge in [0.25, 0.3) is 0 Å². The third-order valence-electron chi connectivity index (χ3n) is 0.322. The van der Waals surface area contributed by atoms with Gasteiger partial charge in [0, 0.05) is 0 Å². The molecular weight excluding hydrogens is 96.8 g/mol. The van der Waals surface area contributed by atoms with Crippen LogP contribution in [0.1, 0.15) is 0 Å². The Morgan fingerprint density at radius 3 is 2.60 bits per heavy atom. The zero-order valence-corrected chi connectivity index (χ0v) is 5.52. The van der Waals surface area contributed by atoms with Crippen LogP contribution in [0, 0.1) is 0 Å². The van der Waals surface area contributed by atoms with Gasteiger partial charge in [-0.15, -0.1) is 17.2 Å². The Balaban J connectivity index is 2.19. The lowest BCUT2D eigenvalue weighted by molar-refractivity contribution is 2.06. The van der Waals surface area contributed by atoms with Crippen LogP contribution in [0.5, 0.6) is 0 Å². The predicted octanol–water partition coefficient (Wildman–Crippen LogP) is 1.16. The van der Waals surface area contributed by atoms with Crippen molar-refractivity contribution in [1.82, 2.24) is 0 Å². The molecule has 0 amide bonds. The number of hydrogen-bond donors (Lipinski definition) is 0. The Kier molecular flexibility index (Phi) is 5.84. The molecule has 29 valence electrons. The van der Waals surface area contributed by atoms with Gasteiger partial charge in [0.2, 0.25) is 0 Å². The molecule has 0 aromatic rings. The lowest BCUT2D eigenvalue weighted by Gasteiger charge is -1.77. The highest BCUT2D eigenvalue weighted by Gasteiger charge is 1.70. The summed E-state index contributed by atoms with van der Waals surface area (Å²) in [6, 6.07) is 1.25. The summed E-state index contributed by atoms with van der Waals surface area (Å²) in [5, 5.41) is 0. The second-order valence-corrected chi connectivity index (χ2v) is 2.86. The van der Waals surface area contributed by atoms with Crippen LogP contribution in [0.4, 0.5) is 0 Å². The van der Waals surface area contributed by atoms with E-state index in [9.17, 15) is 0 Å². The molecule has 0 bridgehead atoms. The highest BCUT2D eigenvalue weighted by molar-refractivity contribution is 8.03. The SMILES string of the molecule is C[B]CPP. The summed E-state index contributed by atoms with van der Waals surface area (Å²) >= 11 is 0. The lowest BCUT2D eigenvalue weighted by atomic mass is 9.87. The molecule has 0 fully saturated rings. The zero-order valence-electron chi connectivity index (χ0n) is 3.36. The minimum absolute atomic E-state index is 1.02. The molecule has 0 saturated heterocycles. The van der Waals surface area contributed by atoms with Crippen LogP contribution < -0.4 is 0 Å². The maximum atomic E-state index is 2.70. The van der Waals surface area contributed by atoms with Crippen LogP contribution in [0.25, 0.3) is 0 Å². The van der Waals surface area contributed by atoms with Gasteiger partial charge in [0.05, 0.1) is 0 Å². The van der Waals surface area contributed by atoms with Gasteiger partial charge in [-0.05, 0) is 0 Å². The Bertz CT molecular complexity index is 15.1. The van der Waals surface area contributed by atoms with E-state index in [4.69, 9.17) is 0 Å². The molecule has 0 aliphatic heterocycles. The monoisotopic (exact) mass is 105 g/mol. The summed E-state index contributed by atoms with van der Waals surface area (Å²) in [5.41, 5.74) is 0. The summed E-state index contributed by atoms with van der Waals surface area (Å²) in [6.07, 6.45) is 0. The van der Waals surface area contributed by atoms with Crippen molar-refractivity contribution in [2.45, 2.75) is 6.82 Å². The van der Waals surface area contributed by atoms with Crippen LogP contribution in [-0.4, -0.2) is 13.3 Å². The average molecular weight is 105 g/mol. The summed E-state index contributed by atoms with van der Waals surface area (Å²) in [7, 11) is 5.89. The van der Waals surface area contributed by atoms with Crippen molar-refractivity contribution in [3.63, 3.8) is 0 Å². The third kappa shape index (κ3) is 4.92. The molecule has 0 N–H and O–H groups in total. The number of hydrogen-bond acceptors (Lipinski definition) is 0. The molecule has 0 nitrogen and oxygen atoms in total. The molecule has 0 aliphatic carbocycles. The van der Waals surface area contributed by atoms with E-state index in [1.807, 2.05) is 0 Å². The molecule has 0 spiro atoms. The topological polar surface area (TPSA) is 0 Å². The van der Waals surface area contributed by atoms with Crippen molar-refractivity contribution < 1.29 is 0 Å². The van der Waals surface area contributed by atoms with E-state index in [2.05, 4.69) is 23.0 Å². The summed E-state index contributed by atoms with van der Waals surface area (Å²) in [6.45, 7) is 2.08. The molecule has 0 heterocycles. The first-order valence-corrected chi connectivity index (χ1v) is 4.64. The van der Waals surface area contributed by atoms with Gasteiger partial charge in [0.15, 0.2) is 0 Å². The molecule has 0 rings (SSSR count). The van der Waals surface area contributed by atoms with Crippen molar-refractivity contribution in [3.8, 4) is 0 Å². The van der Waals surface area contributed by atoms with E-state index in [0.717, 1.165) is 8.27 Å². The highest BCUT2D eigenvalue weighted by Crippen LogP contribution is 2.16. The van der Waals surface area contributed by atoms with Gasteiger partial charge in [-0.1, -0.05) is 12.9 Å². The Labute approximate surface area is 38.2 Å². The fourth-order valence-corrected chi connectivity index (χ4v) is 1.06. The fraction of sp³-hybridized carbons (Fsp3) is 1.00. The van der Waals surface area contributed by atoms with E-state index in [0.29, 0.717) is 0 Å². The van der Waals surface area contributed by atoms with E-state index >= 15 is 0 Å². The van der Waals surface area contributed by atoms with Gasteiger partial charge in [0.1, 0.15) is 7.28 Å². The fourth-order valence-electron chi connectivity index (χ4n) is 0.118. The van der Waals surface area contributed by atoms with Gasteiger partial charge in [-0.25, -0.2) is 0 Å². The van der Waals surface area contributed by atoms with Gasteiger partial charge in [-0.3, -0.25) is 0 Å². The van der Waals surface area contributed by atoms with E-state index in [-0.39, 0.29) is 0 Å². The van der Waals surface area contributed by atoms with Crippen molar-refractivity contribution in [3.05, 3.63) is 0 Å². The van der Waals surface area contributed by atoms with Crippen molar-refractivity contribution in [1.29, 1.82) is 0 Å². The van der Waals surface area contributed by atoms with E-state index in [1.165, 1.54) is 6.06 Å². The normalized spacial score (nSPS) is 10.0. The molecule has 0 aromatic heterocycles. The predicted molar refractivity (Wildman–Crippen MR) is 34.5 cm³/mol. The largest absolute Gasteiger partial charge is 0.115 e. The Morgan fingerprint density at radius 1 is 2.00 bits per heavy atom. The minimum Gasteiger partial charge on any atom is -0.115 e. The molecule has 5 heavy (non-hydrogen) atoms. The van der Waals surface area contributed by atoms with Crippen molar-refractivity contribution in [2.75, 3.05) is 6.06 Å². The number of rotatable bonds is 2. The minimum atomic E-state index is 1.02. The molecule has 2 atom stereocenters. The van der Waals surface area contributed by atoms with Gasteiger partial charge in [-0.2, -0.15) is 0 Å². The first-order chi connectivity index (χ1) is 2.41. The van der Waals surface area contributed by atoms with Crippen LogP contribution in [-0.2, 0) is 0 Å². The lowest BCUT2D eigenvalue weighted by Crippen LogP contribution is -1.77. The van der Waals surface area contributed by atoms with E-state index < -0.39 is 0 Å². The van der Waals surface area contributed by atoms with Crippen molar-refractivity contribution >= 4 is 24.5 Å². The van der Waals surface area contributed by atoms with Gasteiger partial charge < -0.3 is 0 Å². The van der Waals surface area contributed by atoms with Gasteiger partial charge >= 0.3 is 0 Å². The molecular formula is C2H8BP2. The molecule has 2 unspecified atom stereocenters. The third-order valence-corrected chi connectivity index (χ3v) is 1.67. The maximum absolute atomic E-state index is 2.70. The van der Waals surface area contributed by atoms with E-state index in [1.54, 1.807) is 0 Å². The molecule has 0 saturated carbocycles. The standard InChI is InChI=1S/C2H8BP2/c1-3-2-5-4/h5H,2,4H2,1H3. The second kappa shape index (κ2) is 4.92. The molecule has 1 radical (unpaired) electrons. The molecule has 0 aromatic carbocycles. The smallest absolute Gasteiger partial charge is 0.111 e. The first-order valence-electron chi connectivity index (χ1n) is 1.63. The highest BCUT2D eigenvalue weighted by atomic mass is 32.0. The molecule has 0 aliphatic rings. The second-order valence-electron chi connectivity index (χ2n) is 0.816. The molecule has 3 heteroatoms. The summed E-state index contributed by atoms with van der Waals surface area (Å²) < 4.78 is 0. The van der Waals surface area contributed by atoms with Crippen LogP contribution in [0.2, 0.25) is 6.82 Å². The first kappa shape index (κ1) is 5.92. The summed E-state index contributed by atoms with van der Waals surface area (Å²) in [4.78, 5) is 0. The van der Waals surface area contributed by atoms with Crippen LogP contribution in [0.15, 0.2) is 0 Å². The summed E-state index contributed by atoms with van der Waals surface area (Å²) in [5.74, 6) is 0. The van der Waals surface area contributed by atoms with Crippen LogP contribution in [0.3, 0.4) is 0 Å². The quantitative estimate of drug-likeness (QED) is 0.365. The van der Waals surface area contributed by atoms with Crippen molar-refractivity contribution in [2.24, 2.45) is 0 Å².